The highest BCUT2D eigenvalue weighted by Crippen LogP contribution is 2.40. The van der Waals surface area contributed by atoms with E-state index in [1.807, 2.05) is 37.3 Å². The van der Waals surface area contributed by atoms with Gasteiger partial charge in [0.05, 0.1) is 19.3 Å². The summed E-state index contributed by atoms with van der Waals surface area (Å²) in [6, 6.07) is 8.94. The van der Waals surface area contributed by atoms with Crippen molar-refractivity contribution in [3.05, 3.63) is 52.4 Å². The van der Waals surface area contributed by atoms with Gasteiger partial charge < -0.3 is 15.2 Å². The van der Waals surface area contributed by atoms with Gasteiger partial charge in [-0.15, -0.1) is 0 Å². The number of ether oxygens (including phenoxy) is 1. The summed E-state index contributed by atoms with van der Waals surface area (Å²) in [5.74, 6) is 0.555. The van der Waals surface area contributed by atoms with Crippen LogP contribution >= 0.6 is 11.6 Å². The van der Waals surface area contributed by atoms with Crippen molar-refractivity contribution in [3.8, 4) is 0 Å². The van der Waals surface area contributed by atoms with Crippen molar-refractivity contribution in [1.29, 1.82) is 0 Å². The van der Waals surface area contributed by atoms with Crippen LogP contribution in [0.25, 0.3) is 0 Å². The van der Waals surface area contributed by atoms with E-state index in [1.54, 1.807) is 0 Å². The fourth-order valence-electron chi connectivity index (χ4n) is 2.55. The van der Waals surface area contributed by atoms with Gasteiger partial charge in [0.25, 0.3) is 0 Å². The first-order chi connectivity index (χ1) is 12.0. The Labute approximate surface area is 151 Å². The highest BCUT2D eigenvalue weighted by atomic mass is 35.5. The van der Waals surface area contributed by atoms with E-state index in [9.17, 15) is 9.90 Å². The Bertz CT molecular complexity index is 766. The number of anilines is 1. The number of carbonyl (C=O) groups excluding carboxylic acids is 1. The number of aliphatic hydroxyl groups excluding tert-OH is 1. The topological polar surface area (TPSA) is 84.3 Å². The number of carbonyl (C=O) groups is 1. The van der Waals surface area contributed by atoms with Gasteiger partial charge in [-0.2, -0.15) is 0 Å². The number of nitrogens with zero attached hydrogens (tertiary/aromatic N) is 2. The summed E-state index contributed by atoms with van der Waals surface area (Å²) < 4.78 is 4.76. The SMILES string of the molecule is COC(=O)c1nc(C2CC2)nc(N[C@H](C)[C@@H](O)c2ccccc2)c1Cl. The van der Waals surface area contributed by atoms with Crippen molar-refractivity contribution in [2.45, 2.75) is 37.8 Å². The molecule has 2 N–H and O–H groups in total. The van der Waals surface area contributed by atoms with Gasteiger partial charge in [0.1, 0.15) is 16.7 Å². The second-order valence-corrected chi connectivity index (χ2v) is 6.53. The second-order valence-electron chi connectivity index (χ2n) is 6.15. The Kier molecular flexibility index (Phi) is 5.20. The van der Waals surface area contributed by atoms with Crippen LogP contribution in [0.15, 0.2) is 30.3 Å². The average molecular weight is 362 g/mol. The molecule has 25 heavy (non-hydrogen) atoms. The Hall–Kier alpha value is -2.18. The molecule has 1 aromatic heterocycles. The largest absolute Gasteiger partial charge is 0.464 e. The van der Waals surface area contributed by atoms with Crippen LogP contribution < -0.4 is 5.32 Å². The van der Waals surface area contributed by atoms with Crippen LogP contribution in [0.2, 0.25) is 5.02 Å². The lowest BCUT2D eigenvalue weighted by Crippen LogP contribution is -2.25. The molecule has 2 atom stereocenters. The molecule has 1 aromatic carbocycles. The molecule has 1 fully saturated rings. The number of nitrogens with one attached hydrogen (secondary N) is 1. The van der Waals surface area contributed by atoms with Gasteiger partial charge in [0.15, 0.2) is 5.69 Å². The molecule has 1 aliphatic rings. The Morgan fingerprint density at radius 1 is 1.32 bits per heavy atom. The van der Waals surface area contributed by atoms with Crippen LogP contribution in [0.3, 0.4) is 0 Å². The molecule has 0 saturated heterocycles. The first-order valence-electron chi connectivity index (χ1n) is 8.16. The number of halogens is 1. The van der Waals surface area contributed by atoms with Gasteiger partial charge >= 0.3 is 5.97 Å². The number of methoxy groups -OCH3 is 1. The molecule has 0 radical (unpaired) electrons. The van der Waals surface area contributed by atoms with Gasteiger partial charge in [0, 0.05) is 5.92 Å². The van der Waals surface area contributed by atoms with E-state index < -0.39 is 12.1 Å². The first-order valence-corrected chi connectivity index (χ1v) is 8.54. The van der Waals surface area contributed by atoms with Gasteiger partial charge in [-0.3, -0.25) is 0 Å². The minimum absolute atomic E-state index is 0.0463. The van der Waals surface area contributed by atoms with E-state index >= 15 is 0 Å². The molecular weight excluding hydrogens is 342 g/mol. The smallest absolute Gasteiger partial charge is 0.358 e. The minimum Gasteiger partial charge on any atom is -0.464 e. The monoisotopic (exact) mass is 361 g/mol. The van der Waals surface area contributed by atoms with E-state index in [0.717, 1.165) is 18.4 Å². The molecule has 6 nitrogen and oxygen atoms in total. The zero-order valence-corrected chi connectivity index (χ0v) is 14.8. The number of aliphatic hydroxyl groups is 1. The molecule has 0 aliphatic heterocycles. The van der Waals surface area contributed by atoms with Crippen LogP contribution in [-0.2, 0) is 4.74 Å². The molecule has 2 aromatic rings. The van der Waals surface area contributed by atoms with Crippen molar-refractivity contribution in [2.75, 3.05) is 12.4 Å². The fraction of sp³-hybridized carbons (Fsp3) is 0.389. The Morgan fingerprint density at radius 3 is 2.60 bits per heavy atom. The van der Waals surface area contributed by atoms with Gasteiger partial charge in [-0.25, -0.2) is 14.8 Å². The van der Waals surface area contributed by atoms with Crippen molar-refractivity contribution in [2.24, 2.45) is 0 Å². The highest BCUT2D eigenvalue weighted by molar-refractivity contribution is 6.35. The predicted octanol–water partition coefficient (Wildman–Crippen LogP) is 3.33. The van der Waals surface area contributed by atoms with Crippen LogP contribution in [-0.4, -0.2) is 34.2 Å². The lowest BCUT2D eigenvalue weighted by Gasteiger charge is -2.22. The summed E-state index contributed by atoms with van der Waals surface area (Å²) >= 11 is 6.30. The summed E-state index contributed by atoms with van der Waals surface area (Å²) in [5, 5.41) is 13.7. The predicted molar refractivity (Wildman–Crippen MR) is 94.8 cm³/mol. The zero-order chi connectivity index (χ0) is 18.0. The molecule has 132 valence electrons. The van der Waals surface area contributed by atoms with E-state index in [0.29, 0.717) is 11.6 Å². The average Bonchev–Trinajstić information content (AvgIpc) is 3.48. The van der Waals surface area contributed by atoms with Crippen LogP contribution in [0, 0.1) is 0 Å². The Morgan fingerprint density at radius 2 is 2.00 bits per heavy atom. The molecule has 1 heterocycles. The maximum atomic E-state index is 11.9. The third-order valence-corrected chi connectivity index (χ3v) is 4.53. The lowest BCUT2D eigenvalue weighted by molar-refractivity contribution is 0.0593. The minimum atomic E-state index is -0.752. The zero-order valence-electron chi connectivity index (χ0n) is 14.1. The third kappa shape index (κ3) is 3.91. The normalized spacial score (nSPS) is 16.2. The fourth-order valence-corrected chi connectivity index (χ4v) is 2.77. The maximum Gasteiger partial charge on any atom is 0.358 e. The quantitative estimate of drug-likeness (QED) is 0.768. The standard InChI is InChI=1S/C18H20ClN3O3/c1-10(15(23)11-6-4-3-5-7-11)20-17-13(19)14(18(24)25-2)21-16(22-17)12-8-9-12/h3-7,10,12,15,23H,8-9H2,1-2H3,(H,20,21,22)/t10-,15-/m1/s1. The number of benzene rings is 1. The molecule has 0 spiro atoms. The number of esters is 1. The number of aromatic nitrogens is 2. The Balaban J connectivity index is 1.88. The summed E-state index contributed by atoms with van der Waals surface area (Å²) in [4.78, 5) is 20.7. The van der Waals surface area contributed by atoms with E-state index in [-0.39, 0.29) is 22.7 Å². The molecule has 3 rings (SSSR count). The van der Waals surface area contributed by atoms with Gasteiger partial charge in [-0.05, 0) is 25.3 Å². The van der Waals surface area contributed by atoms with E-state index in [4.69, 9.17) is 16.3 Å². The van der Waals surface area contributed by atoms with Crippen LogP contribution in [0.1, 0.15) is 53.7 Å². The van der Waals surface area contributed by atoms with E-state index in [2.05, 4.69) is 15.3 Å². The summed E-state index contributed by atoms with van der Waals surface area (Å²) in [5.41, 5.74) is 0.827. The molecule has 1 aliphatic carbocycles. The summed E-state index contributed by atoms with van der Waals surface area (Å²) in [6.45, 7) is 1.82. The van der Waals surface area contributed by atoms with Crippen LogP contribution in [0.4, 0.5) is 5.82 Å². The van der Waals surface area contributed by atoms with Gasteiger partial charge in [-0.1, -0.05) is 41.9 Å². The summed E-state index contributed by atoms with van der Waals surface area (Å²) in [6.07, 6.45) is 1.23. The van der Waals surface area contributed by atoms with Crippen molar-refractivity contribution >= 4 is 23.4 Å². The molecule has 0 amide bonds. The van der Waals surface area contributed by atoms with Crippen molar-refractivity contribution < 1.29 is 14.6 Å². The maximum absolute atomic E-state index is 11.9. The molecule has 1 saturated carbocycles. The highest BCUT2D eigenvalue weighted by Gasteiger charge is 2.30. The molecule has 0 unspecified atom stereocenters. The van der Waals surface area contributed by atoms with Gasteiger partial charge in [0.2, 0.25) is 0 Å². The van der Waals surface area contributed by atoms with Crippen LogP contribution in [0.5, 0.6) is 0 Å². The molecule has 0 bridgehead atoms. The molecule has 7 heteroatoms. The second kappa shape index (κ2) is 7.37. The number of rotatable bonds is 6. The molecular formula is C18H20ClN3O3. The number of hydrogen-bond acceptors (Lipinski definition) is 6. The van der Waals surface area contributed by atoms with Crippen molar-refractivity contribution in [1.82, 2.24) is 9.97 Å². The third-order valence-electron chi connectivity index (χ3n) is 4.17. The summed E-state index contributed by atoms with van der Waals surface area (Å²) in [7, 11) is 1.28. The lowest BCUT2D eigenvalue weighted by atomic mass is 10.0. The number of hydrogen-bond donors (Lipinski definition) is 2. The van der Waals surface area contributed by atoms with Crippen molar-refractivity contribution in [3.63, 3.8) is 0 Å². The first kappa shape index (κ1) is 17.6. The van der Waals surface area contributed by atoms with E-state index in [1.165, 1.54) is 7.11 Å².